The van der Waals surface area contributed by atoms with Crippen molar-refractivity contribution in [2.45, 2.75) is 6.18 Å². The summed E-state index contributed by atoms with van der Waals surface area (Å²) in [6.45, 7) is 0. The molecule has 0 fully saturated rings. The third kappa shape index (κ3) is 3.50. The molecule has 0 radical (unpaired) electrons. The summed E-state index contributed by atoms with van der Waals surface area (Å²) in [5.41, 5.74) is -0.182. The van der Waals surface area contributed by atoms with Gasteiger partial charge in [-0.15, -0.1) is 10.2 Å². The average molecular weight is 446 g/mol. The molecular weight excluding hydrogens is 440 g/mol. The van der Waals surface area contributed by atoms with Gasteiger partial charge in [-0.1, -0.05) is 34.8 Å². The molecule has 2 heterocycles. The van der Waals surface area contributed by atoms with Crippen LogP contribution in [0.5, 0.6) is 0 Å². The number of alkyl halides is 3. The number of aromatic nitrogens is 4. The molecule has 28 heavy (non-hydrogen) atoms. The Morgan fingerprint density at radius 1 is 0.821 bits per heavy atom. The lowest BCUT2D eigenvalue weighted by Gasteiger charge is -2.08. The van der Waals surface area contributed by atoms with Crippen LogP contribution in [0.2, 0.25) is 15.2 Å². The molecule has 0 amide bonds. The van der Waals surface area contributed by atoms with Crippen LogP contribution in [-0.4, -0.2) is 20.2 Å². The number of hydrogen-bond donors (Lipinski definition) is 0. The monoisotopic (exact) mass is 444 g/mol. The van der Waals surface area contributed by atoms with E-state index in [0.717, 1.165) is 12.1 Å². The maximum atomic E-state index is 12.8. The first-order valence-corrected chi connectivity index (χ1v) is 8.69. The van der Waals surface area contributed by atoms with E-state index in [9.17, 15) is 13.2 Å². The van der Waals surface area contributed by atoms with Crippen LogP contribution in [0.25, 0.3) is 34.1 Å². The molecule has 4 aromatic rings. The van der Waals surface area contributed by atoms with Crippen LogP contribution >= 0.6 is 34.8 Å². The SMILES string of the molecule is FC(F)(F)c1ccc2nc(-c3nnc(-c4ccc(Cl)cc4Cl)o3)c(Cl)nc2c1. The number of hydrogen-bond acceptors (Lipinski definition) is 5. The Morgan fingerprint density at radius 2 is 1.57 bits per heavy atom. The number of nitrogens with zero attached hydrogens (tertiary/aromatic N) is 4. The Kier molecular flexibility index (Phi) is 4.65. The predicted octanol–water partition coefficient (Wildman–Crippen LogP) is 6.33. The summed E-state index contributed by atoms with van der Waals surface area (Å²) < 4.78 is 44.1. The van der Waals surface area contributed by atoms with E-state index in [0.29, 0.717) is 15.6 Å². The number of fused-ring (bicyclic) bond motifs is 1. The van der Waals surface area contributed by atoms with E-state index >= 15 is 0 Å². The molecule has 5 nitrogen and oxygen atoms in total. The Labute approximate surface area is 170 Å². The van der Waals surface area contributed by atoms with E-state index in [2.05, 4.69) is 20.2 Å². The lowest BCUT2D eigenvalue weighted by molar-refractivity contribution is -0.137. The zero-order chi connectivity index (χ0) is 20.1. The van der Waals surface area contributed by atoms with Crippen molar-refractivity contribution in [2.75, 3.05) is 0 Å². The molecule has 0 spiro atoms. The van der Waals surface area contributed by atoms with Gasteiger partial charge in [-0.25, -0.2) is 9.97 Å². The van der Waals surface area contributed by atoms with E-state index < -0.39 is 11.7 Å². The standard InChI is InChI=1S/C17H6Cl3F3N4O/c18-8-2-3-9(10(19)6-8)15-26-27-16(28-15)13-14(20)25-12-5-7(17(21,22)23)1-4-11(12)24-13/h1-6H. The Balaban J connectivity index is 1.77. The van der Waals surface area contributed by atoms with Crippen molar-refractivity contribution in [2.24, 2.45) is 0 Å². The third-order valence-corrected chi connectivity index (χ3v) is 4.55. The first-order chi connectivity index (χ1) is 13.2. The van der Waals surface area contributed by atoms with Crippen molar-refractivity contribution >= 4 is 45.8 Å². The molecule has 0 saturated carbocycles. The third-order valence-electron chi connectivity index (χ3n) is 3.74. The molecule has 4 rings (SSSR count). The lowest BCUT2D eigenvalue weighted by Crippen LogP contribution is -2.05. The van der Waals surface area contributed by atoms with E-state index in [1.54, 1.807) is 12.1 Å². The molecule has 0 unspecified atom stereocenters. The van der Waals surface area contributed by atoms with E-state index in [4.69, 9.17) is 39.2 Å². The molecule has 0 atom stereocenters. The molecule has 2 aromatic heterocycles. The Hall–Kier alpha value is -2.42. The summed E-state index contributed by atoms with van der Waals surface area (Å²) in [7, 11) is 0. The van der Waals surface area contributed by atoms with Crippen LogP contribution < -0.4 is 0 Å². The summed E-state index contributed by atoms with van der Waals surface area (Å²) in [5, 5.41) is 8.34. The van der Waals surface area contributed by atoms with Gasteiger partial charge in [0.2, 0.25) is 5.89 Å². The zero-order valence-electron chi connectivity index (χ0n) is 13.4. The van der Waals surface area contributed by atoms with E-state index in [1.807, 2.05) is 0 Å². The first kappa shape index (κ1) is 18.9. The topological polar surface area (TPSA) is 64.7 Å². The van der Waals surface area contributed by atoms with Gasteiger partial charge in [0.1, 0.15) is 0 Å². The van der Waals surface area contributed by atoms with Gasteiger partial charge in [-0.2, -0.15) is 13.2 Å². The smallest absolute Gasteiger partial charge is 0.414 e. The fourth-order valence-electron chi connectivity index (χ4n) is 2.44. The number of benzene rings is 2. The van der Waals surface area contributed by atoms with Gasteiger partial charge in [0, 0.05) is 5.02 Å². The normalized spacial score (nSPS) is 11.9. The molecule has 0 aliphatic carbocycles. The minimum absolute atomic E-state index is 0.0101. The molecule has 0 bridgehead atoms. The van der Waals surface area contributed by atoms with Crippen LogP contribution in [0.3, 0.4) is 0 Å². The summed E-state index contributed by atoms with van der Waals surface area (Å²) in [4.78, 5) is 8.17. The van der Waals surface area contributed by atoms with Crippen LogP contribution in [0.4, 0.5) is 13.2 Å². The van der Waals surface area contributed by atoms with E-state index in [-0.39, 0.29) is 33.7 Å². The highest BCUT2D eigenvalue weighted by atomic mass is 35.5. The highest BCUT2D eigenvalue weighted by molar-refractivity contribution is 6.36. The summed E-state index contributed by atoms with van der Waals surface area (Å²) >= 11 is 18.1. The highest BCUT2D eigenvalue weighted by Gasteiger charge is 2.31. The van der Waals surface area contributed by atoms with Crippen LogP contribution in [0.15, 0.2) is 40.8 Å². The number of rotatable bonds is 2. The molecule has 142 valence electrons. The maximum absolute atomic E-state index is 12.8. The van der Waals surface area contributed by atoms with Gasteiger partial charge in [0.15, 0.2) is 10.8 Å². The van der Waals surface area contributed by atoms with Crippen molar-refractivity contribution in [3.05, 3.63) is 57.2 Å². The second kappa shape index (κ2) is 6.88. The van der Waals surface area contributed by atoms with Crippen molar-refractivity contribution in [3.8, 4) is 23.0 Å². The first-order valence-electron chi connectivity index (χ1n) is 7.56. The van der Waals surface area contributed by atoms with Gasteiger partial charge in [-0.05, 0) is 36.4 Å². The van der Waals surface area contributed by atoms with E-state index in [1.165, 1.54) is 12.1 Å². The van der Waals surface area contributed by atoms with Crippen molar-refractivity contribution in [1.82, 2.24) is 20.2 Å². The Bertz CT molecular complexity index is 1210. The van der Waals surface area contributed by atoms with Gasteiger partial charge < -0.3 is 4.42 Å². The molecule has 0 aliphatic rings. The predicted molar refractivity (Wildman–Crippen MR) is 98.3 cm³/mol. The molecule has 0 saturated heterocycles. The maximum Gasteiger partial charge on any atom is 0.416 e. The van der Waals surface area contributed by atoms with Crippen LogP contribution in [0, 0.1) is 0 Å². The fraction of sp³-hybridized carbons (Fsp3) is 0.0588. The van der Waals surface area contributed by atoms with Crippen molar-refractivity contribution in [3.63, 3.8) is 0 Å². The molecule has 0 N–H and O–H groups in total. The minimum atomic E-state index is -4.50. The summed E-state index contributed by atoms with van der Waals surface area (Å²) in [6.07, 6.45) is -4.50. The van der Waals surface area contributed by atoms with Crippen molar-refractivity contribution in [1.29, 1.82) is 0 Å². The molecule has 0 aliphatic heterocycles. The highest BCUT2D eigenvalue weighted by Crippen LogP contribution is 2.34. The quantitative estimate of drug-likeness (QED) is 0.361. The Morgan fingerprint density at radius 3 is 2.29 bits per heavy atom. The van der Waals surface area contributed by atoms with Crippen LogP contribution in [0.1, 0.15) is 5.56 Å². The van der Waals surface area contributed by atoms with Gasteiger partial charge in [-0.3, -0.25) is 0 Å². The zero-order valence-corrected chi connectivity index (χ0v) is 15.7. The summed E-state index contributed by atoms with van der Waals surface area (Å²) in [6, 6.07) is 7.69. The van der Waals surface area contributed by atoms with Crippen LogP contribution in [-0.2, 0) is 6.18 Å². The largest absolute Gasteiger partial charge is 0.416 e. The van der Waals surface area contributed by atoms with Gasteiger partial charge >= 0.3 is 6.18 Å². The minimum Gasteiger partial charge on any atom is -0.414 e. The van der Waals surface area contributed by atoms with Gasteiger partial charge in [0.05, 0.1) is 27.2 Å². The van der Waals surface area contributed by atoms with Gasteiger partial charge in [0.25, 0.3) is 5.89 Å². The molecule has 11 heteroatoms. The average Bonchev–Trinajstić information content (AvgIpc) is 3.09. The molecular formula is C17H6Cl3F3N4O. The second-order valence-corrected chi connectivity index (χ2v) is 6.80. The van der Waals surface area contributed by atoms with Crippen molar-refractivity contribution < 1.29 is 17.6 Å². The second-order valence-electron chi connectivity index (χ2n) is 5.60. The summed E-state index contributed by atoms with van der Waals surface area (Å²) in [5.74, 6) is 0.0439. The number of halogens is 6. The molecule has 2 aromatic carbocycles. The fourth-order valence-corrected chi connectivity index (χ4v) is 3.14. The lowest BCUT2D eigenvalue weighted by atomic mass is 10.2.